The lowest BCUT2D eigenvalue weighted by molar-refractivity contribution is 0.333. The summed E-state index contributed by atoms with van der Waals surface area (Å²) in [7, 11) is 1.74. The van der Waals surface area contributed by atoms with E-state index in [1.165, 1.54) is 11.3 Å². The Balaban J connectivity index is 2.60. The second kappa shape index (κ2) is 3.41. The molecule has 2 heteroatoms. The molecule has 1 aromatic carbocycles. The monoisotopic (exact) mass is 219 g/mol. The maximum Gasteiger partial charge on any atom is 0.124 e. The van der Waals surface area contributed by atoms with Gasteiger partial charge in [-0.1, -0.05) is 19.9 Å². The molecule has 0 amide bonds. The fourth-order valence-corrected chi connectivity index (χ4v) is 3.11. The van der Waals surface area contributed by atoms with Crippen molar-refractivity contribution in [2.75, 3.05) is 12.4 Å². The number of hydrogen-bond donors (Lipinski definition) is 1. The minimum atomic E-state index is 0.142. The predicted molar refractivity (Wildman–Crippen MR) is 68.3 cm³/mol. The molecule has 88 valence electrons. The van der Waals surface area contributed by atoms with Gasteiger partial charge in [-0.15, -0.1) is 0 Å². The summed E-state index contributed by atoms with van der Waals surface area (Å²) < 4.78 is 5.48. The molecule has 0 bridgehead atoms. The summed E-state index contributed by atoms with van der Waals surface area (Å²) >= 11 is 0. The Morgan fingerprint density at radius 2 is 1.88 bits per heavy atom. The van der Waals surface area contributed by atoms with E-state index >= 15 is 0 Å². The largest absolute Gasteiger partial charge is 0.496 e. The van der Waals surface area contributed by atoms with Crippen molar-refractivity contribution in [1.29, 1.82) is 0 Å². The molecule has 0 atom stereocenters. The molecule has 0 unspecified atom stereocenters. The normalized spacial score (nSPS) is 20.8. The molecule has 0 aliphatic carbocycles. The van der Waals surface area contributed by atoms with Crippen LogP contribution in [0, 0.1) is 0 Å². The zero-order chi connectivity index (χ0) is 12.0. The molecule has 1 aliphatic rings. The SMILES string of the molecule is COc1cccc2c1C(C)(C)CC(C)(C)N2. The van der Waals surface area contributed by atoms with Gasteiger partial charge in [0.15, 0.2) is 0 Å². The molecular weight excluding hydrogens is 198 g/mol. The summed E-state index contributed by atoms with van der Waals surface area (Å²) in [6, 6.07) is 6.23. The summed E-state index contributed by atoms with van der Waals surface area (Å²) in [4.78, 5) is 0. The molecule has 1 heterocycles. The Kier molecular flexibility index (Phi) is 2.41. The maximum absolute atomic E-state index is 5.48. The van der Waals surface area contributed by atoms with Crippen LogP contribution in [0.25, 0.3) is 0 Å². The lowest BCUT2D eigenvalue weighted by atomic mass is 9.71. The zero-order valence-electron chi connectivity index (χ0n) is 10.8. The van der Waals surface area contributed by atoms with Gasteiger partial charge in [-0.05, 0) is 37.8 Å². The van der Waals surface area contributed by atoms with Crippen LogP contribution in [0.3, 0.4) is 0 Å². The molecule has 0 saturated carbocycles. The molecule has 1 N–H and O–H groups in total. The quantitative estimate of drug-likeness (QED) is 0.779. The van der Waals surface area contributed by atoms with Gasteiger partial charge in [0.2, 0.25) is 0 Å². The van der Waals surface area contributed by atoms with Crippen molar-refractivity contribution in [3.05, 3.63) is 23.8 Å². The maximum atomic E-state index is 5.48. The Bertz CT molecular complexity index is 407. The van der Waals surface area contributed by atoms with E-state index in [9.17, 15) is 0 Å². The fraction of sp³-hybridized carbons (Fsp3) is 0.571. The highest BCUT2D eigenvalue weighted by Gasteiger charge is 2.38. The lowest BCUT2D eigenvalue weighted by Gasteiger charge is -2.44. The average molecular weight is 219 g/mol. The van der Waals surface area contributed by atoms with Gasteiger partial charge in [0.05, 0.1) is 7.11 Å². The minimum Gasteiger partial charge on any atom is -0.496 e. The van der Waals surface area contributed by atoms with E-state index in [-0.39, 0.29) is 11.0 Å². The summed E-state index contributed by atoms with van der Waals surface area (Å²) in [5, 5.41) is 3.59. The van der Waals surface area contributed by atoms with Gasteiger partial charge in [-0.3, -0.25) is 0 Å². The molecule has 1 aliphatic heterocycles. The van der Waals surface area contributed by atoms with E-state index in [1.54, 1.807) is 7.11 Å². The van der Waals surface area contributed by atoms with Gasteiger partial charge in [0.1, 0.15) is 5.75 Å². The van der Waals surface area contributed by atoms with E-state index in [0.29, 0.717) is 0 Å². The minimum absolute atomic E-state index is 0.142. The van der Waals surface area contributed by atoms with Gasteiger partial charge in [-0.25, -0.2) is 0 Å². The number of nitrogens with one attached hydrogen (secondary N) is 1. The topological polar surface area (TPSA) is 21.3 Å². The molecule has 0 aromatic heterocycles. The van der Waals surface area contributed by atoms with Gasteiger partial charge in [0, 0.05) is 16.8 Å². The molecule has 0 radical (unpaired) electrons. The molecule has 1 aromatic rings. The van der Waals surface area contributed by atoms with E-state index < -0.39 is 0 Å². The van der Waals surface area contributed by atoms with Crippen molar-refractivity contribution in [2.45, 2.75) is 45.1 Å². The third kappa shape index (κ3) is 1.77. The highest BCUT2D eigenvalue weighted by molar-refractivity contribution is 5.64. The van der Waals surface area contributed by atoms with Gasteiger partial charge in [0.25, 0.3) is 0 Å². The molecule has 2 nitrogen and oxygen atoms in total. The summed E-state index contributed by atoms with van der Waals surface area (Å²) in [6.07, 6.45) is 1.10. The predicted octanol–water partition coefficient (Wildman–Crippen LogP) is 3.57. The molecular formula is C14H21NO. The van der Waals surface area contributed by atoms with Crippen LogP contribution >= 0.6 is 0 Å². The Morgan fingerprint density at radius 3 is 2.50 bits per heavy atom. The van der Waals surface area contributed by atoms with Crippen molar-refractivity contribution < 1.29 is 4.74 Å². The number of benzene rings is 1. The standard InChI is InChI=1S/C14H21NO/c1-13(2)9-14(3,4)15-10-7-6-8-11(16-5)12(10)13/h6-8,15H,9H2,1-5H3. The van der Waals surface area contributed by atoms with E-state index in [2.05, 4.69) is 39.1 Å². The van der Waals surface area contributed by atoms with E-state index in [4.69, 9.17) is 4.74 Å². The van der Waals surface area contributed by atoms with Crippen LogP contribution in [0.5, 0.6) is 5.75 Å². The average Bonchev–Trinajstić information content (AvgIpc) is 2.13. The number of hydrogen-bond acceptors (Lipinski definition) is 2. The number of ether oxygens (including phenoxy) is 1. The van der Waals surface area contributed by atoms with Crippen molar-refractivity contribution >= 4 is 5.69 Å². The Morgan fingerprint density at radius 1 is 1.19 bits per heavy atom. The first-order valence-electron chi connectivity index (χ1n) is 5.81. The van der Waals surface area contributed by atoms with Crippen LogP contribution in [-0.4, -0.2) is 12.6 Å². The molecule has 16 heavy (non-hydrogen) atoms. The highest BCUT2D eigenvalue weighted by Crippen LogP contribution is 2.46. The highest BCUT2D eigenvalue weighted by atomic mass is 16.5. The van der Waals surface area contributed by atoms with Crippen LogP contribution in [0.15, 0.2) is 18.2 Å². The Labute approximate surface area is 98.0 Å². The Hall–Kier alpha value is -1.18. The van der Waals surface area contributed by atoms with E-state index in [0.717, 1.165) is 12.2 Å². The fourth-order valence-electron chi connectivity index (χ4n) is 3.11. The third-order valence-corrected chi connectivity index (χ3v) is 3.28. The van der Waals surface area contributed by atoms with Crippen molar-refractivity contribution in [3.63, 3.8) is 0 Å². The lowest BCUT2D eigenvalue weighted by Crippen LogP contribution is -2.43. The summed E-state index contributed by atoms with van der Waals surface area (Å²) in [5.74, 6) is 0.991. The second-order valence-corrected chi connectivity index (χ2v) is 5.95. The smallest absolute Gasteiger partial charge is 0.124 e. The number of fused-ring (bicyclic) bond motifs is 1. The number of rotatable bonds is 1. The molecule has 0 saturated heterocycles. The van der Waals surface area contributed by atoms with Crippen molar-refractivity contribution in [1.82, 2.24) is 0 Å². The van der Waals surface area contributed by atoms with Crippen LogP contribution in [0.4, 0.5) is 5.69 Å². The summed E-state index contributed by atoms with van der Waals surface area (Å²) in [6.45, 7) is 9.07. The first-order valence-corrected chi connectivity index (χ1v) is 5.81. The zero-order valence-corrected chi connectivity index (χ0v) is 10.8. The van der Waals surface area contributed by atoms with Crippen LogP contribution < -0.4 is 10.1 Å². The van der Waals surface area contributed by atoms with Crippen molar-refractivity contribution in [3.8, 4) is 5.75 Å². The first-order chi connectivity index (χ1) is 7.36. The molecule has 2 rings (SSSR count). The van der Waals surface area contributed by atoms with Crippen LogP contribution in [-0.2, 0) is 5.41 Å². The summed E-state index contributed by atoms with van der Waals surface area (Å²) in [5.41, 5.74) is 2.80. The molecule has 0 spiro atoms. The van der Waals surface area contributed by atoms with Crippen molar-refractivity contribution in [2.24, 2.45) is 0 Å². The molecule has 0 fully saturated rings. The van der Waals surface area contributed by atoms with Gasteiger partial charge < -0.3 is 10.1 Å². The number of anilines is 1. The first kappa shape index (κ1) is 11.3. The van der Waals surface area contributed by atoms with Gasteiger partial charge >= 0.3 is 0 Å². The second-order valence-electron chi connectivity index (χ2n) is 5.95. The van der Waals surface area contributed by atoms with E-state index in [1.807, 2.05) is 12.1 Å². The van der Waals surface area contributed by atoms with Crippen LogP contribution in [0.2, 0.25) is 0 Å². The third-order valence-electron chi connectivity index (χ3n) is 3.28. The van der Waals surface area contributed by atoms with Gasteiger partial charge in [-0.2, -0.15) is 0 Å². The van der Waals surface area contributed by atoms with Crippen LogP contribution in [0.1, 0.15) is 39.7 Å². The number of methoxy groups -OCH3 is 1.